The summed E-state index contributed by atoms with van der Waals surface area (Å²) >= 11 is 5.40. The Morgan fingerprint density at radius 1 is 1.38 bits per heavy atom. The van der Waals surface area contributed by atoms with Crippen molar-refractivity contribution in [2.45, 2.75) is 46.2 Å². The molecule has 1 aliphatic heterocycles. The Balaban J connectivity index is 2.56. The van der Waals surface area contributed by atoms with Crippen LogP contribution in [0.2, 0.25) is 0 Å². The average molecular weight is 349 g/mol. The van der Waals surface area contributed by atoms with E-state index in [0.717, 1.165) is 5.70 Å². The minimum Gasteiger partial charge on any atom is -0.351 e. The Hall–Kier alpha value is -1.95. The van der Waals surface area contributed by atoms with Gasteiger partial charge in [-0.3, -0.25) is 4.79 Å². The van der Waals surface area contributed by atoms with Gasteiger partial charge in [0.05, 0.1) is 11.6 Å². The zero-order valence-electron chi connectivity index (χ0n) is 14.7. The van der Waals surface area contributed by atoms with Crippen LogP contribution in [0.25, 0.3) is 0 Å². The number of hydrogen-bond donors (Lipinski definition) is 2. The van der Waals surface area contributed by atoms with Gasteiger partial charge in [0.15, 0.2) is 5.11 Å². The summed E-state index contributed by atoms with van der Waals surface area (Å²) in [7, 11) is 0. The van der Waals surface area contributed by atoms with Gasteiger partial charge in [0.2, 0.25) is 0 Å². The summed E-state index contributed by atoms with van der Waals surface area (Å²) < 4.78 is 14.3. The van der Waals surface area contributed by atoms with E-state index < -0.39 is 6.04 Å². The zero-order valence-corrected chi connectivity index (χ0v) is 15.6. The number of hydrogen-bond acceptors (Lipinski definition) is 2. The molecule has 0 saturated heterocycles. The molecule has 0 aliphatic carbocycles. The molecular weight excluding hydrogens is 325 g/mol. The van der Waals surface area contributed by atoms with Crippen molar-refractivity contribution in [1.29, 1.82) is 0 Å². The fraction of sp³-hybridized carbons (Fsp3) is 0.444. The Bertz CT molecular complexity index is 694. The predicted molar refractivity (Wildman–Crippen MR) is 97.9 cm³/mol. The van der Waals surface area contributed by atoms with Crippen LogP contribution in [0, 0.1) is 5.82 Å². The summed E-state index contributed by atoms with van der Waals surface area (Å²) in [5.74, 6) is -0.585. The molecule has 4 nitrogen and oxygen atoms in total. The number of halogens is 1. The molecule has 0 unspecified atom stereocenters. The summed E-state index contributed by atoms with van der Waals surface area (Å²) in [4.78, 5) is 14.7. The molecule has 1 aromatic rings. The summed E-state index contributed by atoms with van der Waals surface area (Å²) in [6, 6.07) is 5.84. The van der Waals surface area contributed by atoms with Gasteiger partial charge in [0, 0.05) is 23.3 Å². The first kappa shape index (κ1) is 18.4. The first-order valence-electron chi connectivity index (χ1n) is 8.01. The summed E-state index contributed by atoms with van der Waals surface area (Å²) in [6.07, 6.45) is 0. The van der Waals surface area contributed by atoms with Crippen LogP contribution in [0.1, 0.15) is 46.2 Å². The average Bonchev–Trinajstić information content (AvgIpc) is 2.45. The lowest BCUT2D eigenvalue weighted by Gasteiger charge is -2.38. The predicted octanol–water partition coefficient (Wildman–Crippen LogP) is 3.27. The molecule has 24 heavy (non-hydrogen) atoms. The van der Waals surface area contributed by atoms with E-state index in [4.69, 9.17) is 12.2 Å². The monoisotopic (exact) mass is 349 g/mol. The molecule has 6 heteroatoms. The lowest BCUT2D eigenvalue weighted by molar-refractivity contribution is -0.119. The topological polar surface area (TPSA) is 44.4 Å². The molecule has 1 amide bonds. The van der Waals surface area contributed by atoms with E-state index in [0.29, 0.717) is 22.8 Å². The van der Waals surface area contributed by atoms with Crippen molar-refractivity contribution in [2.24, 2.45) is 0 Å². The van der Waals surface area contributed by atoms with Gasteiger partial charge in [-0.1, -0.05) is 18.2 Å². The van der Waals surface area contributed by atoms with Gasteiger partial charge in [-0.15, -0.1) is 0 Å². The minimum atomic E-state index is -0.608. The van der Waals surface area contributed by atoms with Crippen LogP contribution in [-0.4, -0.2) is 28.0 Å². The number of nitrogens with one attached hydrogen (secondary N) is 2. The van der Waals surface area contributed by atoms with Gasteiger partial charge >= 0.3 is 0 Å². The van der Waals surface area contributed by atoms with Crippen LogP contribution in [0.15, 0.2) is 35.5 Å². The molecule has 0 spiro atoms. The molecule has 1 heterocycles. The third-order valence-corrected chi connectivity index (χ3v) is 4.20. The fourth-order valence-electron chi connectivity index (χ4n) is 2.81. The summed E-state index contributed by atoms with van der Waals surface area (Å²) in [5.41, 5.74) is 1.26. The quantitative estimate of drug-likeness (QED) is 0.822. The maximum atomic E-state index is 14.3. The molecule has 1 atom stereocenters. The van der Waals surface area contributed by atoms with Gasteiger partial charge in [-0.25, -0.2) is 4.39 Å². The second kappa shape index (κ2) is 6.89. The van der Waals surface area contributed by atoms with Crippen molar-refractivity contribution < 1.29 is 9.18 Å². The first-order chi connectivity index (χ1) is 11.2. The highest BCUT2D eigenvalue weighted by Gasteiger charge is 2.35. The van der Waals surface area contributed by atoms with Crippen LogP contribution >= 0.6 is 12.2 Å². The fourth-order valence-corrected chi connectivity index (χ4v) is 3.19. The van der Waals surface area contributed by atoms with E-state index in [-0.39, 0.29) is 17.3 Å². The Kier molecular flexibility index (Phi) is 5.28. The number of carbonyl (C=O) groups is 1. The number of carbonyl (C=O) groups excluding carboxylic acids is 1. The first-order valence-corrected chi connectivity index (χ1v) is 8.42. The van der Waals surface area contributed by atoms with Gasteiger partial charge in [-0.2, -0.15) is 0 Å². The Morgan fingerprint density at radius 2 is 2.00 bits per heavy atom. The maximum absolute atomic E-state index is 14.3. The summed E-state index contributed by atoms with van der Waals surface area (Å²) in [5, 5.41) is 6.58. The largest absolute Gasteiger partial charge is 0.351 e. The molecule has 0 aromatic heterocycles. The molecule has 2 N–H and O–H groups in total. The van der Waals surface area contributed by atoms with Gasteiger partial charge in [0.25, 0.3) is 5.91 Å². The van der Waals surface area contributed by atoms with Crippen molar-refractivity contribution in [2.75, 3.05) is 6.54 Å². The highest BCUT2D eigenvalue weighted by atomic mass is 32.1. The second-order valence-electron chi connectivity index (χ2n) is 6.85. The van der Waals surface area contributed by atoms with Gasteiger partial charge in [0.1, 0.15) is 5.82 Å². The van der Waals surface area contributed by atoms with Crippen LogP contribution in [0.4, 0.5) is 4.39 Å². The van der Waals surface area contributed by atoms with Crippen LogP contribution in [-0.2, 0) is 4.79 Å². The third kappa shape index (κ3) is 3.75. The lowest BCUT2D eigenvalue weighted by atomic mass is 9.93. The number of rotatable bonds is 3. The van der Waals surface area contributed by atoms with Crippen molar-refractivity contribution in [1.82, 2.24) is 15.5 Å². The highest BCUT2D eigenvalue weighted by molar-refractivity contribution is 7.80. The molecule has 2 rings (SSSR count). The molecule has 1 aromatic carbocycles. The van der Waals surface area contributed by atoms with Crippen LogP contribution in [0.5, 0.6) is 0 Å². The Labute approximate surface area is 148 Å². The molecule has 0 fully saturated rings. The van der Waals surface area contributed by atoms with Crippen molar-refractivity contribution in [3.8, 4) is 0 Å². The zero-order chi connectivity index (χ0) is 18.1. The van der Waals surface area contributed by atoms with E-state index in [2.05, 4.69) is 10.6 Å². The number of amides is 1. The van der Waals surface area contributed by atoms with Crippen LogP contribution < -0.4 is 10.6 Å². The van der Waals surface area contributed by atoms with E-state index in [1.54, 1.807) is 18.2 Å². The van der Waals surface area contributed by atoms with Crippen molar-refractivity contribution in [3.63, 3.8) is 0 Å². The third-order valence-electron chi connectivity index (χ3n) is 3.86. The highest BCUT2D eigenvalue weighted by Crippen LogP contribution is 2.32. The van der Waals surface area contributed by atoms with Crippen LogP contribution in [0.3, 0.4) is 0 Å². The lowest BCUT2D eigenvalue weighted by Crippen LogP contribution is -2.51. The molecule has 0 radical (unpaired) electrons. The van der Waals surface area contributed by atoms with Crippen molar-refractivity contribution >= 4 is 23.2 Å². The van der Waals surface area contributed by atoms with E-state index in [1.165, 1.54) is 6.07 Å². The molecule has 0 bridgehead atoms. The van der Waals surface area contributed by atoms with Gasteiger partial charge < -0.3 is 15.5 Å². The van der Waals surface area contributed by atoms with E-state index >= 15 is 0 Å². The van der Waals surface area contributed by atoms with E-state index in [9.17, 15) is 9.18 Å². The second-order valence-corrected chi connectivity index (χ2v) is 7.24. The molecular formula is C18H24FN3OS. The molecule has 1 aliphatic rings. The standard InChI is InChI=1S/C18H24FN3OS/c1-6-22-11(2)14(16(23)21-18(3,4)5)15(20-17(22)24)12-9-7-8-10-13(12)19/h7-10,15H,6H2,1-5H3,(H,20,24)(H,21,23)/t15-/m1/s1. The van der Waals surface area contributed by atoms with E-state index in [1.807, 2.05) is 39.5 Å². The molecule has 130 valence electrons. The summed E-state index contributed by atoms with van der Waals surface area (Å²) in [6.45, 7) is 10.2. The Morgan fingerprint density at radius 3 is 2.54 bits per heavy atom. The number of benzene rings is 1. The smallest absolute Gasteiger partial charge is 0.251 e. The maximum Gasteiger partial charge on any atom is 0.251 e. The molecule has 0 saturated carbocycles. The minimum absolute atomic E-state index is 0.221. The SMILES string of the molecule is CCN1C(=S)N[C@H](c2ccccc2F)C(C(=O)NC(C)(C)C)=C1C. The van der Waals surface area contributed by atoms with Gasteiger partial charge in [-0.05, 0) is 52.9 Å². The normalized spacial score (nSPS) is 18.5. The number of allylic oxidation sites excluding steroid dienone is 1. The van der Waals surface area contributed by atoms with Crippen molar-refractivity contribution in [3.05, 3.63) is 46.9 Å². The number of thiocarbonyl (C=S) groups is 1. The number of nitrogens with zero attached hydrogens (tertiary/aromatic N) is 1.